The fourth-order valence-corrected chi connectivity index (χ4v) is 4.95. The molecule has 1 aromatic rings. The van der Waals surface area contributed by atoms with E-state index in [2.05, 4.69) is 10.6 Å². The molecule has 1 aliphatic heterocycles. The molecule has 0 fully saturated rings. The van der Waals surface area contributed by atoms with Crippen LogP contribution in [0.4, 0.5) is 4.79 Å². The molecule has 0 unspecified atom stereocenters. The third kappa shape index (κ3) is 16.8. The quantitative estimate of drug-likeness (QED) is 0.0862. The molecule has 1 aliphatic rings. The number of Topliss-reactive ketones (excluding diaryl/α,β-unsaturated/α-hetero) is 2. The zero-order chi connectivity index (χ0) is 37.3. The fraction of sp³-hybridized carbons (Fsp3) is 0.657. The second-order valence-corrected chi connectivity index (χ2v) is 11.9. The minimum absolute atomic E-state index is 0.0116. The molecule has 16 nitrogen and oxygen atoms in total. The second kappa shape index (κ2) is 25.2. The maximum atomic E-state index is 13.2. The molecule has 0 spiro atoms. The van der Waals surface area contributed by atoms with Crippen LogP contribution in [-0.4, -0.2) is 146 Å². The van der Waals surface area contributed by atoms with E-state index in [1.54, 1.807) is 38.5 Å². The molecule has 1 aromatic carbocycles. The SMILES string of the molecule is COCCCC(=O)CCOCC(COCCC(=O)CCCOC)(COC(=O)NCCOC)NC(=O)CCOCCN1C(=O)c2ccccc2C1=O. The van der Waals surface area contributed by atoms with E-state index in [1.807, 2.05) is 0 Å². The number of amides is 4. The summed E-state index contributed by atoms with van der Waals surface area (Å²) in [6, 6.07) is 6.56. The van der Waals surface area contributed by atoms with Gasteiger partial charge in [-0.3, -0.25) is 28.9 Å². The predicted octanol–water partition coefficient (Wildman–Crippen LogP) is 1.72. The number of alkyl carbamates (subject to hydrolysis) is 1. The smallest absolute Gasteiger partial charge is 0.407 e. The maximum absolute atomic E-state index is 13.2. The number of nitrogens with zero attached hydrogens (tertiary/aromatic N) is 1. The van der Waals surface area contributed by atoms with Crippen LogP contribution in [0.15, 0.2) is 24.3 Å². The van der Waals surface area contributed by atoms with Gasteiger partial charge in [0.15, 0.2) is 0 Å². The van der Waals surface area contributed by atoms with Crippen molar-refractivity contribution < 1.29 is 61.9 Å². The molecular formula is C35H53N3O13. The van der Waals surface area contributed by atoms with Gasteiger partial charge in [0.2, 0.25) is 5.91 Å². The summed E-state index contributed by atoms with van der Waals surface area (Å²) < 4.78 is 37.6. The number of imide groups is 1. The van der Waals surface area contributed by atoms with Gasteiger partial charge in [0.25, 0.3) is 11.8 Å². The largest absolute Gasteiger partial charge is 0.447 e. The number of nitrogens with one attached hydrogen (secondary N) is 2. The van der Waals surface area contributed by atoms with Crippen molar-refractivity contribution >= 4 is 35.4 Å². The standard InChI is InChI=1S/C35H53N3O13/c1-45-17-6-8-27(39)12-19-49-24-35(26-51-34(44)36-15-22-47-3,25-50-20-13-28(40)9-7-18-46-2)37-31(41)14-21-48-23-16-38-32(42)29-10-4-5-11-30(29)33(38)43/h4-5,10-11H,6-9,12-26H2,1-3H3,(H,36,44)(H,37,41). The molecule has 0 saturated heterocycles. The Morgan fingerprint density at radius 1 is 0.647 bits per heavy atom. The summed E-state index contributed by atoms with van der Waals surface area (Å²) in [5.41, 5.74) is -0.722. The number of hydrogen-bond acceptors (Lipinski definition) is 13. The van der Waals surface area contributed by atoms with Crippen molar-refractivity contribution in [1.82, 2.24) is 15.5 Å². The lowest BCUT2D eigenvalue weighted by Crippen LogP contribution is -2.59. The van der Waals surface area contributed by atoms with Crippen LogP contribution in [0.1, 0.15) is 65.7 Å². The molecule has 286 valence electrons. The lowest BCUT2D eigenvalue weighted by molar-refractivity contribution is -0.129. The number of carbonyl (C=O) groups is 6. The summed E-state index contributed by atoms with van der Waals surface area (Å²) in [4.78, 5) is 76.5. The Morgan fingerprint density at radius 2 is 1.18 bits per heavy atom. The highest BCUT2D eigenvalue weighted by molar-refractivity contribution is 6.21. The van der Waals surface area contributed by atoms with Crippen molar-refractivity contribution in [3.63, 3.8) is 0 Å². The molecular weight excluding hydrogens is 670 g/mol. The van der Waals surface area contributed by atoms with Gasteiger partial charge < -0.3 is 43.8 Å². The summed E-state index contributed by atoms with van der Waals surface area (Å²) >= 11 is 0. The van der Waals surface area contributed by atoms with Gasteiger partial charge in [-0.1, -0.05) is 12.1 Å². The van der Waals surface area contributed by atoms with Crippen LogP contribution in [0.5, 0.6) is 0 Å². The molecule has 1 heterocycles. The number of methoxy groups -OCH3 is 3. The molecule has 0 radical (unpaired) electrons. The third-order valence-electron chi connectivity index (χ3n) is 7.69. The number of benzene rings is 1. The summed E-state index contributed by atoms with van der Waals surface area (Å²) in [7, 11) is 4.61. The van der Waals surface area contributed by atoms with Gasteiger partial charge in [-0.15, -0.1) is 0 Å². The Kier molecular flexibility index (Phi) is 21.4. The van der Waals surface area contributed by atoms with Crippen LogP contribution in [0, 0.1) is 0 Å². The Bertz CT molecular complexity index is 1190. The zero-order valence-electron chi connectivity index (χ0n) is 30.0. The van der Waals surface area contributed by atoms with Gasteiger partial charge in [0.1, 0.15) is 23.7 Å². The van der Waals surface area contributed by atoms with E-state index in [-0.39, 0.29) is 96.8 Å². The van der Waals surface area contributed by atoms with Gasteiger partial charge >= 0.3 is 6.09 Å². The number of carbonyl (C=O) groups excluding carboxylic acids is 6. The summed E-state index contributed by atoms with van der Waals surface area (Å²) in [6.45, 7) is 0.717. The third-order valence-corrected chi connectivity index (χ3v) is 7.69. The van der Waals surface area contributed by atoms with Crippen molar-refractivity contribution in [3.05, 3.63) is 35.4 Å². The summed E-state index contributed by atoms with van der Waals surface area (Å²) in [6.07, 6.45) is 1.20. The Balaban J connectivity index is 2.02. The van der Waals surface area contributed by atoms with E-state index in [0.29, 0.717) is 50.0 Å². The average molecular weight is 724 g/mol. The minimum atomic E-state index is -1.39. The highest BCUT2D eigenvalue weighted by Gasteiger charge is 2.36. The van der Waals surface area contributed by atoms with E-state index < -0.39 is 29.4 Å². The predicted molar refractivity (Wildman–Crippen MR) is 182 cm³/mol. The Labute approximate surface area is 299 Å². The fourth-order valence-electron chi connectivity index (χ4n) is 4.95. The summed E-state index contributed by atoms with van der Waals surface area (Å²) in [5.74, 6) is -1.32. The number of ether oxygens (including phenoxy) is 7. The monoisotopic (exact) mass is 723 g/mol. The van der Waals surface area contributed by atoms with Gasteiger partial charge in [-0.2, -0.15) is 0 Å². The molecule has 0 atom stereocenters. The molecule has 16 heteroatoms. The van der Waals surface area contributed by atoms with Gasteiger partial charge in [0.05, 0.1) is 63.9 Å². The van der Waals surface area contributed by atoms with Crippen molar-refractivity contribution in [2.45, 2.75) is 50.5 Å². The molecule has 0 aliphatic carbocycles. The number of hydrogen-bond donors (Lipinski definition) is 2. The summed E-state index contributed by atoms with van der Waals surface area (Å²) in [5, 5.41) is 5.39. The number of rotatable bonds is 30. The first kappa shape index (κ1) is 43.4. The van der Waals surface area contributed by atoms with Crippen LogP contribution in [0.25, 0.3) is 0 Å². The Hall–Kier alpha value is -3.80. The van der Waals surface area contributed by atoms with Gasteiger partial charge in [-0.05, 0) is 25.0 Å². The molecule has 2 N–H and O–H groups in total. The van der Waals surface area contributed by atoms with E-state index in [4.69, 9.17) is 33.2 Å². The van der Waals surface area contributed by atoms with Crippen molar-refractivity contribution in [2.75, 3.05) is 100 Å². The van der Waals surface area contributed by atoms with Gasteiger partial charge in [-0.25, -0.2) is 4.79 Å². The van der Waals surface area contributed by atoms with E-state index in [9.17, 15) is 28.8 Å². The zero-order valence-corrected chi connectivity index (χ0v) is 30.0. The lowest BCUT2D eigenvalue weighted by Gasteiger charge is -2.34. The maximum Gasteiger partial charge on any atom is 0.407 e. The van der Waals surface area contributed by atoms with Crippen molar-refractivity contribution in [2.24, 2.45) is 0 Å². The van der Waals surface area contributed by atoms with Crippen LogP contribution < -0.4 is 10.6 Å². The molecule has 2 rings (SSSR count). The van der Waals surface area contributed by atoms with Crippen LogP contribution in [-0.2, 0) is 47.5 Å². The minimum Gasteiger partial charge on any atom is -0.447 e. The van der Waals surface area contributed by atoms with Crippen LogP contribution in [0.2, 0.25) is 0 Å². The van der Waals surface area contributed by atoms with E-state index >= 15 is 0 Å². The van der Waals surface area contributed by atoms with Crippen molar-refractivity contribution in [3.8, 4) is 0 Å². The number of ketones is 2. The van der Waals surface area contributed by atoms with Crippen LogP contribution >= 0.6 is 0 Å². The highest BCUT2D eigenvalue weighted by atomic mass is 16.6. The topological polar surface area (TPSA) is 194 Å². The molecule has 0 bridgehead atoms. The van der Waals surface area contributed by atoms with E-state index in [1.165, 1.54) is 7.11 Å². The molecule has 4 amide bonds. The molecule has 0 aromatic heterocycles. The van der Waals surface area contributed by atoms with Crippen LogP contribution in [0.3, 0.4) is 0 Å². The average Bonchev–Trinajstić information content (AvgIpc) is 3.36. The Morgan fingerprint density at radius 3 is 1.71 bits per heavy atom. The first-order chi connectivity index (χ1) is 24.7. The molecule has 51 heavy (non-hydrogen) atoms. The molecule has 0 saturated carbocycles. The first-order valence-electron chi connectivity index (χ1n) is 17.1. The lowest BCUT2D eigenvalue weighted by atomic mass is 10.0. The normalized spacial score (nSPS) is 12.6. The first-order valence-corrected chi connectivity index (χ1v) is 17.1. The van der Waals surface area contributed by atoms with Crippen molar-refractivity contribution in [1.29, 1.82) is 0 Å². The van der Waals surface area contributed by atoms with Gasteiger partial charge in [0, 0.05) is 73.2 Å². The second-order valence-electron chi connectivity index (χ2n) is 11.9. The number of fused-ring (bicyclic) bond motifs is 1. The van der Waals surface area contributed by atoms with E-state index in [0.717, 1.165) is 4.90 Å². The highest BCUT2D eigenvalue weighted by Crippen LogP contribution is 2.22.